The van der Waals surface area contributed by atoms with E-state index in [0.717, 1.165) is 25.7 Å². The summed E-state index contributed by atoms with van der Waals surface area (Å²) in [5.74, 6) is 0.587. The zero-order valence-corrected chi connectivity index (χ0v) is 15.3. The highest BCUT2D eigenvalue weighted by molar-refractivity contribution is 7.99. The fourth-order valence-corrected chi connectivity index (χ4v) is 6.00. The van der Waals surface area contributed by atoms with Crippen LogP contribution >= 0.6 is 11.8 Å². The summed E-state index contributed by atoms with van der Waals surface area (Å²) >= 11 is 1.32. The number of hydrogen-bond acceptors (Lipinski definition) is 6. The van der Waals surface area contributed by atoms with Gasteiger partial charge in [-0.25, -0.2) is 18.4 Å². The van der Waals surface area contributed by atoms with Crippen LogP contribution < -0.4 is 0 Å². The summed E-state index contributed by atoms with van der Waals surface area (Å²) in [7, 11) is -3.01. The Morgan fingerprint density at radius 3 is 2.46 bits per heavy atom. The first-order chi connectivity index (χ1) is 11.6. The highest BCUT2D eigenvalue weighted by Crippen LogP contribution is 2.29. The Labute approximate surface area is 147 Å². The van der Waals surface area contributed by atoms with Crippen molar-refractivity contribution in [3.8, 4) is 0 Å². The van der Waals surface area contributed by atoms with Gasteiger partial charge in [0.05, 0.1) is 17.3 Å². The van der Waals surface area contributed by atoms with E-state index in [9.17, 15) is 13.2 Å². The summed E-state index contributed by atoms with van der Waals surface area (Å²) in [6.45, 7) is 0. The minimum absolute atomic E-state index is 0.0152. The van der Waals surface area contributed by atoms with Gasteiger partial charge in [0.2, 0.25) is 5.91 Å². The SMILES string of the molecule is O=C(CSc1ncccn1)N(C1CCCCC1)[C@@H]1CCS(=O)(=O)C1. The Morgan fingerprint density at radius 1 is 1.12 bits per heavy atom. The van der Waals surface area contributed by atoms with Gasteiger partial charge in [-0.3, -0.25) is 4.79 Å². The minimum atomic E-state index is -3.01. The smallest absolute Gasteiger partial charge is 0.233 e. The molecule has 6 nitrogen and oxygen atoms in total. The molecule has 2 fully saturated rings. The van der Waals surface area contributed by atoms with Crippen LogP contribution in [-0.2, 0) is 14.6 Å². The van der Waals surface area contributed by atoms with Crippen LogP contribution in [0.1, 0.15) is 38.5 Å². The van der Waals surface area contributed by atoms with Crippen LogP contribution in [-0.4, -0.2) is 58.5 Å². The van der Waals surface area contributed by atoms with Crippen molar-refractivity contribution in [3.05, 3.63) is 18.5 Å². The van der Waals surface area contributed by atoms with Gasteiger partial charge in [-0.15, -0.1) is 0 Å². The van der Waals surface area contributed by atoms with Crippen molar-refractivity contribution in [2.45, 2.75) is 55.8 Å². The van der Waals surface area contributed by atoms with Crippen molar-refractivity contribution in [2.75, 3.05) is 17.3 Å². The third kappa shape index (κ3) is 4.47. The number of hydrogen-bond donors (Lipinski definition) is 0. The number of amides is 1. The molecule has 2 heterocycles. The highest BCUT2D eigenvalue weighted by Gasteiger charge is 2.38. The van der Waals surface area contributed by atoms with E-state index >= 15 is 0 Å². The molecule has 24 heavy (non-hydrogen) atoms. The van der Waals surface area contributed by atoms with E-state index in [1.807, 2.05) is 4.90 Å². The van der Waals surface area contributed by atoms with Crippen molar-refractivity contribution < 1.29 is 13.2 Å². The number of carbonyl (C=O) groups is 1. The van der Waals surface area contributed by atoms with E-state index in [4.69, 9.17) is 0 Å². The van der Waals surface area contributed by atoms with Gasteiger partial charge >= 0.3 is 0 Å². The Morgan fingerprint density at radius 2 is 1.83 bits per heavy atom. The quantitative estimate of drug-likeness (QED) is 0.583. The Bertz CT molecular complexity index is 660. The topological polar surface area (TPSA) is 80.2 Å². The van der Waals surface area contributed by atoms with Crippen LogP contribution in [0, 0.1) is 0 Å². The highest BCUT2D eigenvalue weighted by atomic mass is 32.2. The number of aromatic nitrogens is 2. The zero-order chi connectivity index (χ0) is 17.0. The van der Waals surface area contributed by atoms with Crippen LogP contribution in [0.4, 0.5) is 0 Å². The van der Waals surface area contributed by atoms with Crippen molar-refractivity contribution in [1.29, 1.82) is 0 Å². The maximum Gasteiger partial charge on any atom is 0.233 e. The van der Waals surface area contributed by atoms with Gasteiger partial charge in [-0.1, -0.05) is 31.0 Å². The maximum atomic E-state index is 12.9. The van der Waals surface area contributed by atoms with E-state index in [2.05, 4.69) is 9.97 Å². The summed E-state index contributed by atoms with van der Waals surface area (Å²) in [6.07, 6.45) is 9.27. The van der Waals surface area contributed by atoms with Gasteiger partial charge in [-0.05, 0) is 25.3 Å². The second-order valence-corrected chi connectivity index (χ2v) is 9.64. The third-order valence-corrected chi connectivity index (χ3v) is 7.34. The molecule has 0 N–H and O–H groups in total. The predicted molar refractivity (Wildman–Crippen MR) is 93.5 cm³/mol. The van der Waals surface area contributed by atoms with E-state index in [-0.39, 0.29) is 35.2 Å². The van der Waals surface area contributed by atoms with Gasteiger partial charge < -0.3 is 4.90 Å². The molecule has 1 aromatic heterocycles. The molecule has 2 aliphatic rings. The zero-order valence-electron chi connectivity index (χ0n) is 13.6. The lowest BCUT2D eigenvalue weighted by molar-refractivity contribution is -0.133. The molecule has 8 heteroatoms. The molecule has 0 aromatic carbocycles. The first kappa shape index (κ1) is 17.7. The van der Waals surface area contributed by atoms with Gasteiger partial charge in [0.25, 0.3) is 0 Å². The summed E-state index contributed by atoms with van der Waals surface area (Å²) in [5.41, 5.74) is 0. The standard InChI is InChI=1S/C16H23N3O3S2/c20-15(11-23-16-17-8-4-9-18-16)19(13-5-2-1-3-6-13)14-7-10-24(21,22)12-14/h4,8-9,13-14H,1-3,5-7,10-12H2/t14-/m1/s1. The number of rotatable bonds is 5. The summed E-state index contributed by atoms with van der Waals surface area (Å²) in [5, 5.41) is 0.577. The minimum Gasteiger partial charge on any atom is -0.335 e. The second-order valence-electron chi connectivity index (χ2n) is 6.47. The Hall–Kier alpha value is -1.15. The third-order valence-electron chi connectivity index (χ3n) is 4.72. The molecule has 132 valence electrons. The predicted octanol–water partition coefficient (Wildman–Crippen LogP) is 1.92. The summed E-state index contributed by atoms with van der Waals surface area (Å²) in [6, 6.07) is 1.76. The van der Waals surface area contributed by atoms with Crippen molar-refractivity contribution in [2.24, 2.45) is 0 Å². The van der Waals surface area contributed by atoms with Gasteiger partial charge in [0.1, 0.15) is 0 Å². The lowest BCUT2D eigenvalue weighted by Gasteiger charge is -2.38. The molecular formula is C16H23N3O3S2. The van der Waals surface area contributed by atoms with Gasteiger partial charge in [0, 0.05) is 24.5 Å². The largest absolute Gasteiger partial charge is 0.335 e. The lowest BCUT2D eigenvalue weighted by Crippen LogP contribution is -2.49. The second kappa shape index (κ2) is 7.82. The number of thioether (sulfide) groups is 1. The number of nitrogens with zero attached hydrogens (tertiary/aromatic N) is 3. The van der Waals surface area contributed by atoms with Gasteiger partial charge in [-0.2, -0.15) is 0 Å². The lowest BCUT2D eigenvalue weighted by atomic mass is 9.93. The number of carbonyl (C=O) groups excluding carboxylic acids is 1. The van der Waals surface area contributed by atoms with Crippen molar-refractivity contribution in [3.63, 3.8) is 0 Å². The fraction of sp³-hybridized carbons (Fsp3) is 0.688. The van der Waals surface area contributed by atoms with E-state index in [1.165, 1.54) is 18.2 Å². The normalized spacial score (nSPS) is 23.9. The van der Waals surface area contributed by atoms with Crippen LogP contribution in [0.2, 0.25) is 0 Å². The van der Waals surface area contributed by atoms with Crippen molar-refractivity contribution in [1.82, 2.24) is 14.9 Å². The summed E-state index contributed by atoms with van der Waals surface area (Å²) in [4.78, 5) is 23.0. The van der Waals surface area contributed by atoms with Gasteiger partial charge in [0.15, 0.2) is 15.0 Å². The van der Waals surface area contributed by atoms with Crippen molar-refractivity contribution >= 4 is 27.5 Å². The molecule has 1 aliphatic heterocycles. The molecular weight excluding hydrogens is 346 g/mol. The molecule has 0 spiro atoms. The number of sulfone groups is 1. The fourth-order valence-electron chi connectivity index (χ4n) is 3.62. The molecule has 1 saturated heterocycles. The molecule has 1 aliphatic carbocycles. The van der Waals surface area contributed by atoms with Crippen LogP contribution in [0.3, 0.4) is 0 Å². The van der Waals surface area contributed by atoms with Crippen LogP contribution in [0.25, 0.3) is 0 Å². The molecule has 1 saturated carbocycles. The van der Waals surface area contributed by atoms with E-state index in [0.29, 0.717) is 11.6 Å². The van der Waals surface area contributed by atoms with E-state index in [1.54, 1.807) is 18.5 Å². The first-order valence-electron chi connectivity index (χ1n) is 8.46. The first-order valence-corrected chi connectivity index (χ1v) is 11.3. The molecule has 0 radical (unpaired) electrons. The monoisotopic (exact) mass is 369 g/mol. The van der Waals surface area contributed by atoms with E-state index < -0.39 is 9.84 Å². The molecule has 0 bridgehead atoms. The Kier molecular flexibility index (Phi) is 5.76. The molecule has 1 aromatic rings. The van der Waals surface area contributed by atoms with Crippen LogP contribution in [0.5, 0.6) is 0 Å². The molecule has 3 rings (SSSR count). The average Bonchev–Trinajstić information content (AvgIpc) is 2.95. The van der Waals surface area contributed by atoms with Crippen LogP contribution in [0.15, 0.2) is 23.6 Å². The maximum absolute atomic E-state index is 12.9. The average molecular weight is 370 g/mol. The molecule has 0 unspecified atom stereocenters. The molecule has 1 amide bonds. The summed E-state index contributed by atoms with van der Waals surface area (Å²) < 4.78 is 23.7. The Balaban J connectivity index is 1.69. The molecule has 1 atom stereocenters.